The van der Waals surface area contributed by atoms with Crippen LogP contribution >= 0.6 is 23.2 Å². The highest BCUT2D eigenvalue weighted by Crippen LogP contribution is 2.66. The number of hydrogen-bond acceptors (Lipinski definition) is 7. The lowest BCUT2D eigenvalue weighted by Gasteiger charge is -2.50. The number of aromatic nitrogens is 1. The number of amides is 4. The Morgan fingerprint density at radius 2 is 1.45 bits per heavy atom. The van der Waals surface area contributed by atoms with Crippen LogP contribution in [0.3, 0.4) is 0 Å². The molecule has 3 fully saturated rings. The molecule has 12 heteroatoms. The molecule has 2 saturated heterocycles. The van der Waals surface area contributed by atoms with E-state index in [1.807, 2.05) is 24.3 Å². The van der Waals surface area contributed by atoms with Gasteiger partial charge in [-0.2, -0.15) is 0 Å². The van der Waals surface area contributed by atoms with Gasteiger partial charge in [-0.05, 0) is 85.5 Å². The summed E-state index contributed by atoms with van der Waals surface area (Å²) < 4.78 is 19.8. The van der Waals surface area contributed by atoms with E-state index < -0.39 is 62.9 Å². The van der Waals surface area contributed by atoms with Gasteiger partial charge in [0.2, 0.25) is 17.7 Å². The number of halogens is 3. The highest BCUT2D eigenvalue weighted by Gasteiger charge is 2.77. The number of para-hydroxylation sites is 3. The number of alkyl halides is 2. The van der Waals surface area contributed by atoms with Crippen LogP contribution in [0.4, 0.5) is 15.8 Å². The Morgan fingerprint density at radius 1 is 0.784 bits per heavy atom. The van der Waals surface area contributed by atoms with Gasteiger partial charge in [-0.1, -0.05) is 42.0 Å². The van der Waals surface area contributed by atoms with E-state index in [9.17, 15) is 28.7 Å². The molecule has 5 aromatic rings. The maximum absolute atomic E-state index is 14.5. The second-order valence-corrected chi connectivity index (χ2v) is 14.6. The molecule has 0 bridgehead atoms. The summed E-state index contributed by atoms with van der Waals surface area (Å²) in [4.78, 5) is 59.6. The topological polar surface area (TPSA) is 121 Å². The zero-order valence-electron chi connectivity index (χ0n) is 26.5. The van der Waals surface area contributed by atoms with Crippen LogP contribution in [0.1, 0.15) is 24.3 Å². The molecule has 4 aliphatic rings. The highest BCUT2D eigenvalue weighted by molar-refractivity contribution is 6.58. The van der Waals surface area contributed by atoms with Crippen molar-refractivity contribution in [3.8, 4) is 17.2 Å². The van der Waals surface area contributed by atoms with Crippen LogP contribution in [-0.2, 0) is 19.2 Å². The zero-order valence-corrected chi connectivity index (χ0v) is 28.0. The number of aromatic hydroxyl groups is 1. The van der Waals surface area contributed by atoms with Gasteiger partial charge in [0.25, 0.3) is 11.8 Å². The van der Waals surface area contributed by atoms with Crippen molar-refractivity contribution in [1.29, 1.82) is 0 Å². The van der Waals surface area contributed by atoms with Gasteiger partial charge in [0.05, 0.1) is 23.2 Å². The summed E-state index contributed by atoms with van der Waals surface area (Å²) in [5, 5.41) is 11.1. The molecule has 0 radical (unpaired) electrons. The fourth-order valence-corrected chi connectivity index (χ4v) is 9.41. The second-order valence-electron chi connectivity index (χ2n) is 13.4. The lowest BCUT2D eigenvalue weighted by molar-refractivity contribution is -0.125. The summed E-state index contributed by atoms with van der Waals surface area (Å²) in [6.07, 6.45) is 1.72. The van der Waals surface area contributed by atoms with E-state index in [1.165, 1.54) is 18.2 Å². The quantitative estimate of drug-likeness (QED) is 0.119. The van der Waals surface area contributed by atoms with E-state index in [4.69, 9.17) is 27.6 Å². The Balaban J connectivity index is 1.11. The van der Waals surface area contributed by atoms with Crippen LogP contribution in [-0.4, -0.2) is 43.5 Å². The largest absolute Gasteiger partial charge is 0.508 e. The number of imide groups is 2. The van der Waals surface area contributed by atoms with Crippen molar-refractivity contribution in [3.05, 3.63) is 120 Å². The number of phenolic OH excluding ortho intramolecular Hbond substituents is 1. The number of rotatable bonds is 4. The molecule has 2 aliphatic heterocycles. The summed E-state index contributed by atoms with van der Waals surface area (Å²) in [6.45, 7) is 0. The number of carbonyl (C=O) groups excluding carboxylic acids is 4. The molecular formula is C39H26Cl2FN3O6. The molecule has 51 heavy (non-hydrogen) atoms. The van der Waals surface area contributed by atoms with E-state index in [0.29, 0.717) is 33.8 Å². The number of fused-ring (bicyclic) bond motifs is 5. The molecule has 1 aromatic heterocycles. The van der Waals surface area contributed by atoms with Crippen molar-refractivity contribution in [2.24, 2.45) is 17.8 Å². The molecule has 2 aliphatic carbocycles. The van der Waals surface area contributed by atoms with Crippen molar-refractivity contribution in [2.75, 3.05) is 9.80 Å². The second kappa shape index (κ2) is 11.1. The van der Waals surface area contributed by atoms with Gasteiger partial charge in [-0.15, -0.1) is 23.2 Å². The Kier molecular flexibility index (Phi) is 6.88. The Morgan fingerprint density at radius 3 is 2.18 bits per heavy atom. The predicted molar refractivity (Wildman–Crippen MR) is 187 cm³/mol. The average Bonchev–Trinajstić information content (AvgIpc) is 3.72. The SMILES string of the molecule is O=C1C2CC=C3C(CC4(Cl)C(=O)N(c5ccc(F)cc5)C(=O)C4(Cl)C3c3ccccc3O)C2C(=O)N1c1ccc(-c2nc3ccccc3o2)cc1. The summed E-state index contributed by atoms with van der Waals surface area (Å²) >= 11 is 14.7. The summed E-state index contributed by atoms with van der Waals surface area (Å²) in [6, 6.07) is 25.2. The first-order chi connectivity index (χ1) is 24.5. The van der Waals surface area contributed by atoms with Gasteiger partial charge in [-0.3, -0.25) is 24.1 Å². The van der Waals surface area contributed by atoms with Crippen molar-refractivity contribution in [1.82, 2.24) is 4.98 Å². The van der Waals surface area contributed by atoms with E-state index >= 15 is 0 Å². The van der Waals surface area contributed by atoms with Crippen molar-refractivity contribution >= 4 is 69.3 Å². The first kappa shape index (κ1) is 31.6. The van der Waals surface area contributed by atoms with E-state index in [2.05, 4.69) is 4.98 Å². The number of allylic oxidation sites excluding steroid dienone is 2. The molecule has 4 amide bonds. The molecule has 1 N–H and O–H groups in total. The molecule has 3 heterocycles. The molecule has 9 nitrogen and oxygen atoms in total. The maximum atomic E-state index is 14.5. The number of carbonyl (C=O) groups is 4. The van der Waals surface area contributed by atoms with Crippen LogP contribution in [0.5, 0.6) is 5.75 Å². The normalized spacial score (nSPS) is 28.6. The number of oxazole rings is 1. The van der Waals surface area contributed by atoms with Crippen LogP contribution in [0.2, 0.25) is 0 Å². The standard InChI is InChI=1S/C39H26Cl2FN3O6/c40-38-19-27-24(32(25-5-1-3-7-29(25)46)39(38,41)37(50)45(36(38)49)23-15-11-21(42)12-16-23)17-18-26-31(27)35(48)44(34(26)47)22-13-9-20(10-14-22)33-43-28-6-2-4-8-30(28)51-33/h1-17,26-27,31-32,46H,18-19H2. The zero-order chi connectivity index (χ0) is 35.4. The number of anilines is 2. The molecule has 4 aromatic carbocycles. The first-order valence-electron chi connectivity index (χ1n) is 16.4. The minimum Gasteiger partial charge on any atom is -0.508 e. The van der Waals surface area contributed by atoms with E-state index in [-0.39, 0.29) is 29.8 Å². The monoisotopic (exact) mass is 721 g/mol. The number of nitrogens with zero attached hydrogens (tertiary/aromatic N) is 3. The fourth-order valence-electron chi connectivity index (χ4n) is 8.48. The lowest BCUT2D eigenvalue weighted by atomic mass is 9.56. The summed E-state index contributed by atoms with van der Waals surface area (Å²) in [7, 11) is 0. The van der Waals surface area contributed by atoms with Crippen molar-refractivity contribution < 1.29 is 33.1 Å². The van der Waals surface area contributed by atoms with Crippen molar-refractivity contribution in [3.63, 3.8) is 0 Å². The smallest absolute Gasteiger partial charge is 0.258 e. The average molecular weight is 723 g/mol. The molecular weight excluding hydrogens is 696 g/mol. The Bertz CT molecular complexity index is 2330. The summed E-state index contributed by atoms with van der Waals surface area (Å²) in [5.41, 5.74) is 3.21. The predicted octanol–water partition coefficient (Wildman–Crippen LogP) is 7.11. The van der Waals surface area contributed by atoms with Gasteiger partial charge >= 0.3 is 0 Å². The van der Waals surface area contributed by atoms with Crippen LogP contribution in [0, 0.1) is 23.6 Å². The Hall–Kier alpha value is -5.32. The minimum absolute atomic E-state index is 0.0753. The van der Waals surface area contributed by atoms with E-state index in [1.54, 1.807) is 48.5 Å². The van der Waals surface area contributed by atoms with Crippen LogP contribution in [0.15, 0.2) is 113 Å². The molecule has 6 atom stereocenters. The third kappa shape index (κ3) is 4.29. The highest BCUT2D eigenvalue weighted by atomic mass is 35.5. The maximum Gasteiger partial charge on any atom is 0.258 e. The van der Waals surface area contributed by atoms with Gasteiger partial charge in [0.1, 0.15) is 17.1 Å². The van der Waals surface area contributed by atoms with Crippen LogP contribution < -0.4 is 9.80 Å². The van der Waals surface area contributed by atoms with Crippen molar-refractivity contribution in [2.45, 2.75) is 28.5 Å². The summed E-state index contributed by atoms with van der Waals surface area (Å²) in [5.74, 6) is -6.53. The van der Waals surface area contributed by atoms with Gasteiger partial charge in [0, 0.05) is 17.0 Å². The third-order valence-electron chi connectivity index (χ3n) is 10.8. The molecule has 254 valence electrons. The third-order valence-corrected chi connectivity index (χ3v) is 12.2. The van der Waals surface area contributed by atoms with Crippen LogP contribution in [0.25, 0.3) is 22.6 Å². The van der Waals surface area contributed by atoms with Gasteiger partial charge < -0.3 is 9.52 Å². The Labute approximate surface area is 299 Å². The molecule has 1 saturated carbocycles. The van der Waals surface area contributed by atoms with E-state index in [0.717, 1.165) is 21.9 Å². The fraction of sp³-hybridized carbons (Fsp3) is 0.205. The molecule has 6 unspecified atom stereocenters. The van der Waals surface area contributed by atoms with Gasteiger partial charge in [-0.25, -0.2) is 14.3 Å². The number of phenols is 1. The number of hydrogen-bond donors (Lipinski definition) is 1. The lowest BCUT2D eigenvalue weighted by Crippen LogP contribution is -2.60. The van der Waals surface area contributed by atoms with Gasteiger partial charge in [0.15, 0.2) is 15.3 Å². The minimum atomic E-state index is -2.14. The molecule has 9 rings (SSSR count). The first-order valence-corrected chi connectivity index (χ1v) is 17.1. The molecule has 0 spiro atoms. The number of benzene rings is 4.